The molecule has 0 aromatic heterocycles. The van der Waals surface area contributed by atoms with Crippen molar-refractivity contribution in [2.75, 3.05) is 11.4 Å². The van der Waals surface area contributed by atoms with Crippen molar-refractivity contribution in [3.8, 4) is 0 Å². The minimum absolute atomic E-state index is 0.0310. The van der Waals surface area contributed by atoms with Crippen LogP contribution in [0.3, 0.4) is 0 Å². The fourth-order valence-electron chi connectivity index (χ4n) is 3.59. The Balaban J connectivity index is 1.97. The summed E-state index contributed by atoms with van der Waals surface area (Å²) in [4.78, 5) is 13.2. The molecule has 1 atom stereocenters. The monoisotopic (exact) mass is 477 g/mol. The molecule has 1 aliphatic heterocycles. The van der Waals surface area contributed by atoms with Gasteiger partial charge in [0.1, 0.15) is 11.9 Å². The van der Waals surface area contributed by atoms with E-state index in [1.807, 2.05) is 0 Å². The first-order chi connectivity index (χ1) is 14.9. The van der Waals surface area contributed by atoms with E-state index in [1.54, 1.807) is 6.92 Å². The Kier molecular flexibility index (Phi) is 6.50. The Bertz CT molecular complexity index is 1170. The Morgan fingerprint density at radius 3 is 2.16 bits per heavy atom. The molecule has 0 aliphatic carbocycles. The Labute approximate surface area is 181 Å². The molecule has 2 aromatic carbocycles. The topological polar surface area (TPSA) is 63.7 Å². The third-order valence-electron chi connectivity index (χ3n) is 5.13. The number of fused-ring (bicyclic) bond motifs is 1. The SMILES string of the molecule is CCCN1C(=O)OC(C)c2cc(CS(=O)(=O)Cc3c(F)c(F)c(C)c(F)c3F)cc(F)c21. The fraction of sp³-hybridized carbons (Fsp3) is 0.381. The number of halogens is 5. The molecule has 32 heavy (non-hydrogen) atoms. The maximum absolute atomic E-state index is 14.9. The molecule has 0 saturated heterocycles. The molecule has 3 rings (SSSR count). The summed E-state index contributed by atoms with van der Waals surface area (Å²) < 4.78 is 101. The van der Waals surface area contributed by atoms with E-state index in [1.165, 1.54) is 13.0 Å². The molecule has 174 valence electrons. The van der Waals surface area contributed by atoms with Crippen molar-refractivity contribution in [3.63, 3.8) is 0 Å². The van der Waals surface area contributed by atoms with Gasteiger partial charge in [-0.15, -0.1) is 0 Å². The van der Waals surface area contributed by atoms with E-state index in [2.05, 4.69) is 0 Å². The van der Waals surface area contributed by atoms with Gasteiger partial charge < -0.3 is 4.74 Å². The van der Waals surface area contributed by atoms with Gasteiger partial charge in [-0.3, -0.25) is 4.90 Å². The van der Waals surface area contributed by atoms with Crippen molar-refractivity contribution in [3.05, 3.63) is 63.5 Å². The highest BCUT2D eigenvalue weighted by atomic mass is 32.2. The predicted octanol–water partition coefficient (Wildman–Crippen LogP) is 5.23. The minimum Gasteiger partial charge on any atom is -0.441 e. The van der Waals surface area contributed by atoms with Crippen LogP contribution in [0.1, 0.15) is 48.6 Å². The van der Waals surface area contributed by atoms with Gasteiger partial charge in [0.15, 0.2) is 33.1 Å². The van der Waals surface area contributed by atoms with E-state index in [4.69, 9.17) is 4.74 Å². The molecule has 0 saturated carbocycles. The predicted molar refractivity (Wildman–Crippen MR) is 106 cm³/mol. The maximum Gasteiger partial charge on any atom is 0.414 e. The molecule has 1 heterocycles. The van der Waals surface area contributed by atoms with Crippen LogP contribution >= 0.6 is 0 Å². The van der Waals surface area contributed by atoms with E-state index in [-0.39, 0.29) is 23.4 Å². The van der Waals surface area contributed by atoms with Crippen molar-refractivity contribution in [1.82, 2.24) is 0 Å². The summed E-state index contributed by atoms with van der Waals surface area (Å²) in [5.74, 6) is -10.0. The van der Waals surface area contributed by atoms with E-state index in [0.29, 0.717) is 6.42 Å². The van der Waals surface area contributed by atoms with Crippen LogP contribution in [0.25, 0.3) is 0 Å². The van der Waals surface area contributed by atoms with Crippen LogP contribution in [-0.2, 0) is 26.1 Å². The first kappa shape index (κ1) is 24.0. The Morgan fingerprint density at radius 1 is 1.00 bits per heavy atom. The summed E-state index contributed by atoms with van der Waals surface area (Å²) in [6.45, 7) is 4.26. The Morgan fingerprint density at radius 2 is 1.59 bits per heavy atom. The van der Waals surface area contributed by atoms with Gasteiger partial charge in [0.05, 0.1) is 17.2 Å². The largest absolute Gasteiger partial charge is 0.441 e. The number of anilines is 1. The number of rotatable bonds is 6. The average molecular weight is 477 g/mol. The molecule has 11 heteroatoms. The highest BCUT2D eigenvalue weighted by Crippen LogP contribution is 2.38. The van der Waals surface area contributed by atoms with Crippen LogP contribution in [0.2, 0.25) is 0 Å². The highest BCUT2D eigenvalue weighted by Gasteiger charge is 2.34. The normalized spacial score (nSPS) is 16.2. The van der Waals surface area contributed by atoms with E-state index in [0.717, 1.165) is 17.9 Å². The molecular formula is C21H20F5NO4S. The third-order valence-corrected chi connectivity index (χ3v) is 6.63. The number of cyclic esters (lactones) is 1. The summed E-state index contributed by atoms with van der Waals surface area (Å²) in [5.41, 5.74) is -2.04. The van der Waals surface area contributed by atoms with Gasteiger partial charge in [-0.1, -0.05) is 6.92 Å². The van der Waals surface area contributed by atoms with E-state index in [9.17, 15) is 35.2 Å². The Hall–Kier alpha value is -2.69. The lowest BCUT2D eigenvalue weighted by molar-refractivity contribution is 0.107. The van der Waals surface area contributed by atoms with Crippen LogP contribution in [0.5, 0.6) is 0 Å². The van der Waals surface area contributed by atoms with Gasteiger partial charge >= 0.3 is 6.09 Å². The van der Waals surface area contributed by atoms with Crippen LogP contribution in [0.4, 0.5) is 32.4 Å². The standard InChI is InChI=1S/C21H20F5NO4S/c1-4-5-27-20-13(11(3)31-21(27)28)6-12(7-15(20)22)8-32(29,30)9-14-18(25)16(23)10(2)17(24)19(14)26/h6-7,11H,4-5,8-9H2,1-3H3. The van der Waals surface area contributed by atoms with Gasteiger partial charge in [0, 0.05) is 23.2 Å². The van der Waals surface area contributed by atoms with Crippen LogP contribution in [0, 0.1) is 36.0 Å². The number of benzene rings is 2. The first-order valence-electron chi connectivity index (χ1n) is 9.70. The smallest absolute Gasteiger partial charge is 0.414 e. The molecule has 1 unspecified atom stereocenters. The molecule has 0 radical (unpaired) electrons. The van der Waals surface area contributed by atoms with Gasteiger partial charge in [-0.2, -0.15) is 0 Å². The summed E-state index contributed by atoms with van der Waals surface area (Å²) in [7, 11) is -4.38. The molecular weight excluding hydrogens is 457 g/mol. The first-order valence-corrected chi connectivity index (χ1v) is 11.5. The van der Waals surface area contributed by atoms with Gasteiger partial charge in [0.25, 0.3) is 0 Å². The lowest BCUT2D eigenvalue weighted by Crippen LogP contribution is -2.38. The summed E-state index contributed by atoms with van der Waals surface area (Å²) in [5, 5.41) is 0. The van der Waals surface area contributed by atoms with E-state index < -0.39 is 73.8 Å². The number of hydrogen-bond acceptors (Lipinski definition) is 4. The lowest BCUT2D eigenvalue weighted by Gasteiger charge is -2.33. The number of carbonyl (C=O) groups excluding carboxylic acids is 1. The van der Waals surface area contributed by atoms with Gasteiger partial charge in [-0.05, 0) is 38.0 Å². The number of amides is 1. The molecule has 0 N–H and O–H groups in total. The zero-order valence-electron chi connectivity index (χ0n) is 17.4. The molecule has 0 bridgehead atoms. The number of ether oxygens (including phenoxy) is 1. The fourth-order valence-corrected chi connectivity index (χ4v) is 5.06. The van der Waals surface area contributed by atoms with Crippen LogP contribution in [-0.4, -0.2) is 21.1 Å². The molecule has 1 aliphatic rings. The average Bonchev–Trinajstić information content (AvgIpc) is 2.71. The second-order valence-corrected chi connectivity index (χ2v) is 9.65. The minimum atomic E-state index is -4.38. The third kappa shape index (κ3) is 4.30. The second kappa shape index (κ2) is 8.68. The highest BCUT2D eigenvalue weighted by molar-refractivity contribution is 7.89. The zero-order valence-corrected chi connectivity index (χ0v) is 18.3. The zero-order chi connectivity index (χ0) is 24.0. The molecule has 2 aromatic rings. The summed E-state index contributed by atoms with van der Waals surface area (Å²) >= 11 is 0. The number of nitrogens with zero attached hydrogens (tertiary/aromatic N) is 1. The van der Waals surface area contributed by atoms with Crippen molar-refractivity contribution < 1.29 is 39.9 Å². The quantitative estimate of drug-likeness (QED) is 0.422. The van der Waals surface area contributed by atoms with Crippen LogP contribution < -0.4 is 4.90 Å². The van der Waals surface area contributed by atoms with Crippen LogP contribution in [0.15, 0.2) is 12.1 Å². The number of hydrogen-bond donors (Lipinski definition) is 0. The van der Waals surface area contributed by atoms with Crippen molar-refractivity contribution >= 4 is 21.6 Å². The molecule has 5 nitrogen and oxygen atoms in total. The number of carbonyl (C=O) groups is 1. The van der Waals surface area contributed by atoms with Crippen molar-refractivity contribution in [2.24, 2.45) is 0 Å². The lowest BCUT2D eigenvalue weighted by atomic mass is 10.0. The van der Waals surface area contributed by atoms with Gasteiger partial charge in [0.2, 0.25) is 0 Å². The van der Waals surface area contributed by atoms with Gasteiger partial charge in [-0.25, -0.2) is 35.2 Å². The molecule has 1 amide bonds. The molecule has 0 fully saturated rings. The van der Waals surface area contributed by atoms with Crippen molar-refractivity contribution in [2.45, 2.75) is 44.8 Å². The second-order valence-electron chi connectivity index (χ2n) is 7.58. The summed E-state index contributed by atoms with van der Waals surface area (Å²) in [6.07, 6.45) is -1.09. The summed E-state index contributed by atoms with van der Waals surface area (Å²) in [6, 6.07) is 2.21. The number of sulfone groups is 1. The maximum atomic E-state index is 14.9. The molecule has 0 spiro atoms. The van der Waals surface area contributed by atoms with Crippen molar-refractivity contribution in [1.29, 1.82) is 0 Å². The van der Waals surface area contributed by atoms with E-state index >= 15 is 0 Å².